The van der Waals surface area contributed by atoms with E-state index in [4.69, 9.17) is 0 Å². The van der Waals surface area contributed by atoms with E-state index in [9.17, 15) is 13.2 Å². The van der Waals surface area contributed by atoms with Crippen molar-refractivity contribution >= 4 is 32.4 Å². The summed E-state index contributed by atoms with van der Waals surface area (Å²) in [5, 5.41) is 13.1. The second kappa shape index (κ2) is 6.77. The van der Waals surface area contributed by atoms with Crippen molar-refractivity contribution in [1.82, 2.24) is 20.2 Å². The third-order valence-electron chi connectivity index (χ3n) is 3.38. The molecular formula is C11H19N5O3S2. The molecule has 1 aliphatic carbocycles. The van der Waals surface area contributed by atoms with Crippen LogP contribution in [0.25, 0.3) is 0 Å². The molecule has 1 aromatic heterocycles. The van der Waals surface area contributed by atoms with Gasteiger partial charge in [0.2, 0.25) is 15.4 Å². The Morgan fingerprint density at radius 3 is 2.38 bits per heavy atom. The van der Waals surface area contributed by atoms with Gasteiger partial charge in [0.1, 0.15) is 0 Å². The number of sulfonamides is 1. The maximum Gasteiger partial charge on any atom is 0.270 e. The number of aromatic nitrogens is 2. The van der Waals surface area contributed by atoms with Crippen LogP contribution in [0, 0.1) is 0 Å². The van der Waals surface area contributed by atoms with Crippen LogP contribution in [-0.4, -0.2) is 43.7 Å². The molecule has 0 aliphatic heterocycles. The number of anilines is 1. The third kappa shape index (κ3) is 4.43. The van der Waals surface area contributed by atoms with Crippen LogP contribution in [0.3, 0.4) is 0 Å². The first kappa shape index (κ1) is 16.3. The second-order valence-corrected chi connectivity index (χ2v) is 7.88. The number of carbonyl (C=O) groups excluding carboxylic acids is 1. The van der Waals surface area contributed by atoms with Gasteiger partial charge in [-0.05, 0) is 32.7 Å². The summed E-state index contributed by atoms with van der Waals surface area (Å²) in [7, 11) is -1.76. The van der Waals surface area contributed by atoms with E-state index < -0.39 is 10.0 Å². The summed E-state index contributed by atoms with van der Waals surface area (Å²) >= 11 is 0.845. The molecule has 21 heavy (non-hydrogen) atoms. The van der Waals surface area contributed by atoms with Gasteiger partial charge in [0.05, 0.1) is 0 Å². The molecule has 0 radical (unpaired) electrons. The van der Waals surface area contributed by atoms with E-state index in [2.05, 4.69) is 25.6 Å². The van der Waals surface area contributed by atoms with Crippen LogP contribution < -0.4 is 15.4 Å². The minimum atomic E-state index is -3.68. The van der Waals surface area contributed by atoms with Gasteiger partial charge in [-0.2, -0.15) is 0 Å². The van der Waals surface area contributed by atoms with Crippen LogP contribution in [0.2, 0.25) is 0 Å². The van der Waals surface area contributed by atoms with E-state index in [-0.39, 0.29) is 21.4 Å². The summed E-state index contributed by atoms with van der Waals surface area (Å²) < 4.78 is 27.0. The molecule has 1 saturated carbocycles. The zero-order valence-corrected chi connectivity index (χ0v) is 13.6. The van der Waals surface area contributed by atoms with Crippen molar-refractivity contribution in [2.75, 3.05) is 12.4 Å². The molecule has 0 unspecified atom stereocenters. The topological polar surface area (TPSA) is 113 Å². The monoisotopic (exact) mass is 333 g/mol. The lowest BCUT2D eigenvalue weighted by Gasteiger charge is -2.28. The first-order valence-corrected chi connectivity index (χ1v) is 9.01. The smallest absolute Gasteiger partial charge is 0.270 e. The SMILES string of the molecule is CNC1CCC(NS(=O)(=O)c2nnc(NC(C)=O)s2)CC1. The lowest BCUT2D eigenvalue weighted by Crippen LogP contribution is -2.41. The van der Waals surface area contributed by atoms with Gasteiger partial charge < -0.3 is 10.6 Å². The van der Waals surface area contributed by atoms with E-state index in [0.29, 0.717) is 6.04 Å². The fourth-order valence-electron chi connectivity index (χ4n) is 2.29. The van der Waals surface area contributed by atoms with Gasteiger partial charge in [-0.25, -0.2) is 13.1 Å². The van der Waals surface area contributed by atoms with Crippen LogP contribution in [0.4, 0.5) is 5.13 Å². The summed E-state index contributed by atoms with van der Waals surface area (Å²) in [6.45, 7) is 1.33. The molecule has 0 saturated heterocycles. The first-order chi connectivity index (χ1) is 9.90. The number of amides is 1. The van der Waals surface area contributed by atoms with Crippen molar-refractivity contribution in [3.05, 3.63) is 0 Å². The van der Waals surface area contributed by atoms with E-state index in [0.717, 1.165) is 37.0 Å². The summed E-state index contributed by atoms with van der Waals surface area (Å²) in [4.78, 5) is 10.9. The Kier molecular flexibility index (Phi) is 5.25. The largest absolute Gasteiger partial charge is 0.317 e. The lowest BCUT2D eigenvalue weighted by molar-refractivity contribution is -0.114. The highest BCUT2D eigenvalue weighted by Crippen LogP contribution is 2.23. The molecule has 1 amide bonds. The number of rotatable bonds is 5. The zero-order valence-electron chi connectivity index (χ0n) is 11.9. The highest BCUT2D eigenvalue weighted by molar-refractivity contribution is 7.91. The Balaban J connectivity index is 1.98. The van der Waals surface area contributed by atoms with Crippen LogP contribution in [0.5, 0.6) is 0 Å². The zero-order chi connectivity index (χ0) is 15.5. The maximum atomic E-state index is 12.2. The highest BCUT2D eigenvalue weighted by atomic mass is 32.2. The van der Waals surface area contributed by atoms with Gasteiger partial charge in [-0.1, -0.05) is 11.3 Å². The molecule has 1 heterocycles. The highest BCUT2D eigenvalue weighted by Gasteiger charge is 2.27. The standard InChI is InChI=1S/C11H19N5O3S2/c1-7(17)13-10-14-15-11(20-10)21(18,19)16-9-5-3-8(12-2)4-6-9/h8-9,12,16H,3-6H2,1-2H3,(H,13,14,17). The molecule has 1 aromatic rings. The van der Waals surface area contributed by atoms with Crippen LogP contribution in [0.1, 0.15) is 32.6 Å². The lowest BCUT2D eigenvalue weighted by atomic mass is 9.92. The quantitative estimate of drug-likeness (QED) is 0.668. The van der Waals surface area contributed by atoms with Gasteiger partial charge in [-0.3, -0.25) is 4.79 Å². The van der Waals surface area contributed by atoms with Crippen LogP contribution in [0.15, 0.2) is 4.34 Å². The van der Waals surface area contributed by atoms with Crippen molar-refractivity contribution in [1.29, 1.82) is 0 Å². The van der Waals surface area contributed by atoms with Gasteiger partial charge >= 0.3 is 0 Å². The Hall–Kier alpha value is -1.10. The molecule has 10 heteroatoms. The molecule has 0 spiro atoms. The second-order valence-electron chi connectivity index (χ2n) is 5.01. The molecule has 8 nitrogen and oxygen atoms in total. The fourth-order valence-corrected chi connectivity index (χ4v) is 4.56. The average molecular weight is 333 g/mol. The molecule has 3 N–H and O–H groups in total. The summed E-state index contributed by atoms with van der Waals surface area (Å²) in [5.74, 6) is -0.312. The molecule has 118 valence electrons. The predicted octanol–water partition coefficient (Wildman–Crippen LogP) is 0.305. The first-order valence-electron chi connectivity index (χ1n) is 6.71. The number of carbonyl (C=O) groups is 1. The maximum absolute atomic E-state index is 12.2. The molecule has 0 atom stereocenters. The van der Waals surface area contributed by atoms with E-state index >= 15 is 0 Å². The van der Waals surface area contributed by atoms with Crippen molar-refractivity contribution in [2.24, 2.45) is 0 Å². The Morgan fingerprint density at radius 2 is 1.81 bits per heavy atom. The molecule has 2 rings (SSSR count). The number of nitrogens with one attached hydrogen (secondary N) is 3. The molecule has 0 aromatic carbocycles. The van der Waals surface area contributed by atoms with Gasteiger partial charge in [-0.15, -0.1) is 10.2 Å². The molecular weight excluding hydrogens is 314 g/mol. The number of hydrogen-bond acceptors (Lipinski definition) is 7. The Morgan fingerprint density at radius 1 is 1.19 bits per heavy atom. The molecule has 1 fully saturated rings. The van der Waals surface area contributed by atoms with Gasteiger partial charge in [0, 0.05) is 19.0 Å². The Labute approximate surface area is 127 Å². The van der Waals surface area contributed by atoms with Gasteiger partial charge in [0.15, 0.2) is 0 Å². The third-order valence-corrected chi connectivity index (χ3v) is 6.10. The number of nitrogens with zero attached hydrogens (tertiary/aromatic N) is 2. The molecule has 1 aliphatic rings. The van der Waals surface area contributed by atoms with Gasteiger partial charge in [0.25, 0.3) is 10.0 Å². The Bertz CT molecular complexity index is 593. The predicted molar refractivity (Wildman–Crippen MR) is 79.6 cm³/mol. The summed E-state index contributed by atoms with van der Waals surface area (Å²) in [6, 6.07) is 0.381. The summed E-state index contributed by atoms with van der Waals surface area (Å²) in [5.41, 5.74) is 0. The van der Waals surface area contributed by atoms with E-state index in [1.165, 1.54) is 6.92 Å². The van der Waals surface area contributed by atoms with Crippen LogP contribution >= 0.6 is 11.3 Å². The minimum absolute atomic E-state index is 0.0762. The fraction of sp³-hybridized carbons (Fsp3) is 0.727. The normalized spacial score (nSPS) is 23.0. The van der Waals surface area contributed by atoms with E-state index in [1.807, 2.05) is 7.05 Å². The summed E-state index contributed by atoms with van der Waals surface area (Å²) in [6.07, 6.45) is 3.47. The van der Waals surface area contributed by atoms with Crippen molar-refractivity contribution in [2.45, 2.75) is 49.0 Å². The molecule has 0 bridgehead atoms. The van der Waals surface area contributed by atoms with E-state index in [1.54, 1.807) is 0 Å². The number of hydrogen-bond donors (Lipinski definition) is 3. The average Bonchev–Trinajstić information content (AvgIpc) is 2.88. The van der Waals surface area contributed by atoms with Crippen molar-refractivity contribution in [3.8, 4) is 0 Å². The van der Waals surface area contributed by atoms with Crippen LogP contribution in [-0.2, 0) is 14.8 Å². The van der Waals surface area contributed by atoms with Crippen molar-refractivity contribution in [3.63, 3.8) is 0 Å². The van der Waals surface area contributed by atoms with Crippen molar-refractivity contribution < 1.29 is 13.2 Å². The minimum Gasteiger partial charge on any atom is -0.317 e.